The number of hydrogen-bond donors (Lipinski definition) is 2. The van der Waals surface area contributed by atoms with Gasteiger partial charge in [0.05, 0.1) is 12.1 Å². The van der Waals surface area contributed by atoms with Crippen LogP contribution in [0.5, 0.6) is 0 Å². The first kappa shape index (κ1) is 23.2. The fourth-order valence-corrected chi connectivity index (χ4v) is 4.31. The van der Waals surface area contributed by atoms with Crippen molar-refractivity contribution in [3.8, 4) is 0 Å². The molecule has 1 aromatic carbocycles. The Morgan fingerprint density at radius 2 is 1.84 bits per heavy atom. The first-order valence-corrected chi connectivity index (χ1v) is 10.7. The number of amides is 2. The molecule has 1 heterocycles. The van der Waals surface area contributed by atoms with E-state index in [1.165, 1.54) is 16.7 Å². The molecule has 0 unspecified atom stereocenters. The SMILES string of the molecule is Cc1ccc([C@H]2CC[C@@H](NC(=O)C3=C(O)C(=O)N(CCCC(F)(F)F)C3)CC2)cc1C. The zero-order valence-corrected chi connectivity index (χ0v) is 17.9. The van der Waals surface area contributed by atoms with E-state index in [4.69, 9.17) is 0 Å². The monoisotopic (exact) mass is 438 g/mol. The number of rotatable bonds is 6. The van der Waals surface area contributed by atoms with Gasteiger partial charge in [0.2, 0.25) is 0 Å². The summed E-state index contributed by atoms with van der Waals surface area (Å²) in [6, 6.07) is 6.46. The number of aliphatic hydroxyl groups is 1. The molecule has 0 saturated heterocycles. The molecule has 170 valence electrons. The molecule has 3 rings (SSSR count). The van der Waals surface area contributed by atoms with Crippen molar-refractivity contribution >= 4 is 11.8 Å². The normalized spacial score (nSPS) is 22.2. The molecule has 1 aliphatic carbocycles. The summed E-state index contributed by atoms with van der Waals surface area (Å²) >= 11 is 0. The molecule has 1 saturated carbocycles. The summed E-state index contributed by atoms with van der Waals surface area (Å²) in [5.74, 6) is -1.52. The lowest BCUT2D eigenvalue weighted by Crippen LogP contribution is -2.39. The summed E-state index contributed by atoms with van der Waals surface area (Å²) in [6.07, 6.45) is -2.12. The third-order valence-electron chi connectivity index (χ3n) is 6.35. The van der Waals surface area contributed by atoms with Crippen LogP contribution in [0.4, 0.5) is 13.2 Å². The van der Waals surface area contributed by atoms with Crippen LogP contribution in [0, 0.1) is 13.8 Å². The van der Waals surface area contributed by atoms with Crippen LogP contribution in [-0.4, -0.2) is 47.1 Å². The molecule has 2 aliphatic rings. The molecule has 31 heavy (non-hydrogen) atoms. The second-order valence-electron chi connectivity index (χ2n) is 8.64. The zero-order chi connectivity index (χ0) is 22.8. The molecule has 8 heteroatoms. The second kappa shape index (κ2) is 9.32. The van der Waals surface area contributed by atoms with Gasteiger partial charge in [0, 0.05) is 19.0 Å². The van der Waals surface area contributed by atoms with Crippen molar-refractivity contribution in [2.45, 2.75) is 70.5 Å². The Balaban J connectivity index is 1.50. The lowest BCUT2D eigenvalue weighted by Gasteiger charge is -2.30. The van der Waals surface area contributed by atoms with Gasteiger partial charge in [-0.2, -0.15) is 13.2 Å². The highest BCUT2D eigenvalue weighted by molar-refractivity contribution is 6.07. The van der Waals surface area contributed by atoms with Crippen molar-refractivity contribution < 1.29 is 27.9 Å². The quantitative estimate of drug-likeness (QED) is 0.690. The highest BCUT2D eigenvalue weighted by Gasteiger charge is 2.36. The molecule has 1 aromatic rings. The van der Waals surface area contributed by atoms with E-state index >= 15 is 0 Å². The largest absolute Gasteiger partial charge is 0.503 e. The highest BCUT2D eigenvalue weighted by Crippen LogP contribution is 2.34. The Morgan fingerprint density at radius 3 is 2.45 bits per heavy atom. The van der Waals surface area contributed by atoms with Gasteiger partial charge in [-0.1, -0.05) is 18.2 Å². The number of carbonyl (C=O) groups excluding carboxylic acids is 2. The first-order valence-electron chi connectivity index (χ1n) is 10.7. The number of aryl methyl sites for hydroxylation is 2. The van der Waals surface area contributed by atoms with E-state index < -0.39 is 30.2 Å². The van der Waals surface area contributed by atoms with E-state index in [1.54, 1.807) is 0 Å². The molecule has 0 bridgehead atoms. The Morgan fingerprint density at radius 1 is 1.16 bits per heavy atom. The maximum Gasteiger partial charge on any atom is 0.389 e. The van der Waals surface area contributed by atoms with Gasteiger partial charge >= 0.3 is 6.18 Å². The van der Waals surface area contributed by atoms with E-state index in [-0.39, 0.29) is 31.1 Å². The highest BCUT2D eigenvalue weighted by atomic mass is 19.4. The van der Waals surface area contributed by atoms with Crippen LogP contribution in [0.2, 0.25) is 0 Å². The predicted molar refractivity (Wildman–Crippen MR) is 111 cm³/mol. The Bertz CT molecular complexity index is 871. The van der Waals surface area contributed by atoms with Gasteiger partial charge in [-0.15, -0.1) is 0 Å². The summed E-state index contributed by atoms with van der Waals surface area (Å²) < 4.78 is 36.9. The minimum atomic E-state index is -4.30. The van der Waals surface area contributed by atoms with Crippen LogP contribution in [0.3, 0.4) is 0 Å². The summed E-state index contributed by atoms with van der Waals surface area (Å²) in [5.41, 5.74) is 3.77. The maximum atomic E-state index is 12.6. The molecule has 0 spiro atoms. The number of carbonyl (C=O) groups is 2. The average Bonchev–Trinajstić information content (AvgIpc) is 2.98. The van der Waals surface area contributed by atoms with Gasteiger partial charge in [0.25, 0.3) is 11.8 Å². The average molecular weight is 438 g/mol. The standard InChI is InChI=1S/C23H29F3N2O3/c1-14-4-5-17(12-15(14)2)16-6-8-18(9-7-16)27-21(30)19-13-28(22(31)20(19)29)11-3-10-23(24,25)26/h4-5,12,16,18,29H,3,6-11,13H2,1-2H3,(H,27,30)/t16-,18+. The number of nitrogens with zero attached hydrogens (tertiary/aromatic N) is 1. The summed E-state index contributed by atoms with van der Waals surface area (Å²) in [5, 5.41) is 12.9. The van der Waals surface area contributed by atoms with Crippen molar-refractivity contribution in [2.75, 3.05) is 13.1 Å². The lowest BCUT2D eigenvalue weighted by molar-refractivity contribution is -0.139. The van der Waals surface area contributed by atoms with E-state index in [0.717, 1.165) is 30.6 Å². The topological polar surface area (TPSA) is 69.6 Å². The van der Waals surface area contributed by atoms with Gasteiger partial charge < -0.3 is 15.3 Å². The molecular formula is C23H29F3N2O3. The number of alkyl halides is 3. The van der Waals surface area contributed by atoms with Gasteiger partial charge in [-0.05, 0) is 68.6 Å². The molecule has 2 amide bonds. The van der Waals surface area contributed by atoms with Gasteiger partial charge in [-0.3, -0.25) is 9.59 Å². The van der Waals surface area contributed by atoms with E-state index in [9.17, 15) is 27.9 Å². The van der Waals surface area contributed by atoms with Crippen molar-refractivity contribution in [3.63, 3.8) is 0 Å². The lowest BCUT2D eigenvalue weighted by atomic mass is 9.81. The third-order valence-corrected chi connectivity index (χ3v) is 6.35. The Labute approximate surface area is 180 Å². The molecule has 0 aromatic heterocycles. The van der Waals surface area contributed by atoms with Crippen LogP contribution in [0.15, 0.2) is 29.5 Å². The number of benzene rings is 1. The van der Waals surface area contributed by atoms with E-state index in [2.05, 4.69) is 37.4 Å². The molecular weight excluding hydrogens is 409 g/mol. The van der Waals surface area contributed by atoms with Crippen molar-refractivity contribution in [3.05, 3.63) is 46.2 Å². The molecule has 1 fully saturated rings. The van der Waals surface area contributed by atoms with E-state index in [0.29, 0.717) is 5.92 Å². The molecule has 2 N–H and O–H groups in total. The first-order chi connectivity index (χ1) is 14.5. The summed E-state index contributed by atoms with van der Waals surface area (Å²) in [6.45, 7) is 3.87. The number of aliphatic hydroxyl groups excluding tert-OH is 1. The van der Waals surface area contributed by atoms with Gasteiger partial charge in [0.15, 0.2) is 5.76 Å². The van der Waals surface area contributed by atoms with Crippen LogP contribution in [0.25, 0.3) is 0 Å². The van der Waals surface area contributed by atoms with Crippen LogP contribution in [0.1, 0.15) is 61.1 Å². The second-order valence-corrected chi connectivity index (χ2v) is 8.64. The summed E-state index contributed by atoms with van der Waals surface area (Å²) in [7, 11) is 0. The molecule has 5 nitrogen and oxygen atoms in total. The van der Waals surface area contributed by atoms with Crippen molar-refractivity contribution in [1.29, 1.82) is 0 Å². The van der Waals surface area contributed by atoms with Gasteiger partial charge in [-0.25, -0.2) is 0 Å². The van der Waals surface area contributed by atoms with Crippen LogP contribution >= 0.6 is 0 Å². The number of hydrogen-bond acceptors (Lipinski definition) is 3. The number of halogens is 3. The minimum Gasteiger partial charge on any atom is -0.503 e. The van der Waals surface area contributed by atoms with Crippen molar-refractivity contribution in [2.24, 2.45) is 0 Å². The smallest absolute Gasteiger partial charge is 0.389 e. The molecule has 1 aliphatic heterocycles. The molecule has 0 atom stereocenters. The Hall–Kier alpha value is -2.51. The molecule has 0 radical (unpaired) electrons. The minimum absolute atomic E-state index is 0.0509. The fourth-order valence-electron chi connectivity index (χ4n) is 4.31. The predicted octanol–water partition coefficient (Wildman–Crippen LogP) is 4.44. The van der Waals surface area contributed by atoms with Gasteiger partial charge in [0.1, 0.15) is 0 Å². The van der Waals surface area contributed by atoms with Crippen LogP contribution in [-0.2, 0) is 9.59 Å². The third kappa shape index (κ3) is 5.80. The van der Waals surface area contributed by atoms with Crippen LogP contribution < -0.4 is 5.32 Å². The van der Waals surface area contributed by atoms with E-state index in [1.807, 2.05) is 0 Å². The van der Waals surface area contributed by atoms with Crippen molar-refractivity contribution in [1.82, 2.24) is 10.2 Å². The summed E-state index contributed by atoms with van der Waals surface area (Å²) in [4.78, 5) is 25.8. The fraction of sp³-hybridized carbons (Fsp3) is 0.565. The Kier molecular flexibility index (Phi) is 6.96. The zero-order valence-electron chi connectivity index (χ0n) is 17.9. The number of nitrogens with one attached hydrogen (secondary N) is 1. The maximum absolute atomic E-state index is 12.6.